The summed E-state index contributed by atoms with van der Waals surface area (Å²) in [5, 5.41) is 4.31. The van der Waals surface area contributed by atoms with E-state index < -0.39 is 5.82 Å². The van der Waals surface area contributed by atoms with Gasteiger partial charge in [-0.05, 0) is 18.2 Å². The van der Waals surface area contributed by atoms with Crippen molar-refractivity contribution in [3.05, 3.63) is 41.3 Å². The molecule has 6 heteroatoms. The average Bonchev–Trinajstić information content (AvgIpc) is 2.73. The highest BCUT2D eigenvalue weighted by Crippen LogP contribution is 2.27. The van der Waals surface area contributed by atoms with Crippen LogP contribution in [0, 0.1) is 5.82 Å². The topological polar surface area (TPSA) is 53.1 Å². The van der Waals surface area contributed by atoms with Crippen LogP contribution in [0.4, 0.5) is 10.2 Å². The second-order valence-corrected chi connectivity index (χ2v) is 4.16. The maximum atomic E-state index is 13.4. The number of halogens is 2. The highest BCUT2D eigenvalue weighted by molar-refractivity contribution is 6.32. The number of nitrogens with two attached hydrogens (primary N) is 1. The Morgan fingerprint density at radius 2 is 2.22 bits per heavy atom. The number of nitrogens with zero attached hydrogens (tertiary/aromatic N) is 2. The van der Waals surface area contributed by atoms with Crippen molar-refractivity contribution in [2.45, 2.75) is 13.0 Å². The van der Waals surface area contributed by atoms with Crippen LogP contribution in [-0.4, -0.2) is 16.4 Å². The lowest BCUT2D eigenvalue weighted by Crippen LogP contribution is -2.06. The normalized spacial score (nSPS) is 10.6. The van der Waals surface area contributed by atoms with E-state index in [0.29, 0.717) is 25.4 Å². The maximum absolute atomic E-state index is 13.4. The van der Waals surface area contributed by atoms with E-state index in [-0.39, 0.29) is 10.8 Å². The van der Waals surface area contributed by atoms with Crippen molar-refractivity contribution in [2.24, 2.45) is 0 Å². The number of hydrogen-bond donors (Lipinski definition) is 1. The van der Waals surface area contributed by atoms with E-state index in [1.165, 1.54) is 12.1 Å². The van der Waals surface area contributed by atoms with Gasteiger partial charge in [-0.3, -0.25) is 4.68 Å². The van der Waals surface area contributed by atoms with E-state index in [2.05, 4.69) is 5.10 Å². The minimum Gasteiger partial charge on any atom is -0.489 e. The first-order valence-electron chi connectivity index (χ1n) is 5.52. The Balaban J connectivity index is 1.82. The van der Waals surface area contributed by atoms with Crippen LogP contribution in [0.2, 0.25) is 5.02 Å². The fraction of sp³-hybridized carbons (Fsp3) is 0.250. The smallest absolute Gasteiger partial charge is 0.173 e. The Bertz CT molecular complexity index is 510. The number of ether oxygens (including phenoxy) is 1. The van der Waals surface area contributed by atoms with Crippen molar-refractivity contribution in [2.75, 3.05) is 12.3 Å². The van der Waals surface area contributed by atoms with Gasteiger partial charge in [0.25, 0.3) is 0 Å². The molecule has 0 bridgehead atoms. The summed E-state index contributed by atoms with van der Waals surface area (Å²) in [6, 6.07) is 6.16. The summed E-state index contributed by atoms with van der Waals surface area (Å²) in [7, 11) is 0. The largest absolute Gasteiger partial charge is 0.489 e. The highest BCUT2D eigenvalue weighted by atomic mass is 35.5. The van der Waals surface area contributed by atoms with Crippen LogP contribution < -0.4 is 10.5 Å². The molecule has 0 radical (unpaired) electrons. The van der Waals surface area contributed by atoms with Gasteiger partial charge in [0, 0.05) is 19.2 Å². The number of aromatic nitrogens is 2. The fourth-order valence-corrected chi connectivity index (χ4v) is 1.74. The first-order valence-corrected chi connectivity index (χ1v) is 5.90. The zero-order valence-electron chi connectivity index (χ0n) is 9.64. The van der Waals surface area contributed by atoms with Gasteiger partial charge in [-0.15, -0.1) is 0 Å². The summed E-state index contributed by atoms with van der Waals surface area (Å²) in [5.74, 6) is 0.123. The molecule has 0 unspecified atom stereocenters. The van der Waals surface area contributed by atoms with Crippen LogP contribution >= 0.6 is 11.6 Å². The summed E-state index contributed by atoms with van der Waals surface area (Å²) < 4.78 is 20.4. The van der Waals surface area contributed by atoms with Crippen LogP contribution in [-0.2, 0) is 6.54 Å². The quantitative estimate of drug-likeness (QED) is 0.849. The summed E-state index contributed by atoms with van der Waals surface area (Å²) in [6.45, 7) is 1.02. The predicted octanol–water partition coefficient (Wildman–Crippen LogP) is 2.73. The van der Waals surface area contributed by atoms with Crippen LogP contribution in [0.1, 0.15) is 6.42 Å². The molecule has 0 aliphatic heterocycles. The summed E-state index contributed by atoms with van der Waals surface area (Å²) in [6.07, 6.45) is 2.47. The minimum absolute atomic E-state index is 0.0964. The van der Waals surface area contributed by atoms with Crippen molar-refractivity contribution in [1.82, 2.24) is 9.78 Å². The Labute approximate surface area is 109 Å². The molecule has 0 amide bonds. The number of rotatable bonds is 5. The number of benzene rings is 1. The molecule has 2 aromatic rings. The number of hydrogen-bond acceptors (Lipinski definition) is 3. The number of nitrogen functional groups attached to an aromatic ring is 1. The monoisotopic (exact) mass is 269 g/mol. The molecule has 96 valence electrons. The third kappa shape index (κ3) is 3.13. The summed E-state index contributed by atoms with van der Waals surface area (Å²) >= 11 is 5.83. The lowest BCUT2D eigenvalue weighted by molar-refractivity contribution is 0.285. The van der Waals surface area contributed by atoms with Crippen molar-refractivity contribution in [1.29, 1.82) is 0 Å². The van der Waals surface area contributed by atoms with Crippen molar-refractivity contribution in [3.63, 3.8) is 0 Å². The van der Waals surface area contributed by atoms with Crippen LogP contribution in [0.5, 0.6) is 5.75 Å². The molecule has 18 heavy (non-hydrogen) atoms. The van der Waals surface area contributed by atoms with Gasteiger partial charge in [0.05, 0.1) is 11.6 Å². The molecule has 0 spiro atoms. The highest BCUT2D eigenvalue weighted by Gasteiger charge is 2.07. The number of para-hydroxylation sites is 1. The molecule has 0 atom stereocenters. The SMILES string of the molecule is Nc1ccn(CCCOc2c(F)cccc2Cl)n1. The van der Waals surface area contributed by atoms with Gasteiger partial charge >= 0.3 is 0 Å². The molecule has 4 nitrogen and oxygen atoms in total. The molecule has 1 aromatic heterocycles. The Kier molecular flexibility index (Phi) is 4.04. The second kappa shape index (κ2) is 5.73. The molecule has 0 fully saturated rings. The molecule has 0 saturated carbocycles. The molecule has 1 heterocycles. The van der Waals surface area contributed by atoms with E-state index in [1.54, 1.807) is 23.0 Å². The van der Waals surface area contributed by atoms with E-state index in [4.69, 9.17) is 22.1 Å². The van der Waals surface area contributed by atoms with Crippen molar-refractivity contribution < 1.29 is 9.13 Å². The third-order valence-corrected chi connectivity index (χ3v) is 2.66. The molecular formula is C12H13ClFN3O. The first-order chi connectivity index (χ1) is 8.66. The van der Waals surface area contributed by atoms with Gasteiger partial charge in [-0.1, -0.05) is 17.7 Å². The predicted molar refractivity (Wildman–Crippen MR) is 68.2 cm³/mol. The Morgan fingerprint density at radius 3 is 2.89 bits per heavy atom. The Morgan fingerprint density at radius 1 is 1.39 bits per heavy atom. The van der Waals surface area contributed by atoms with Crippen molar-refractivity contribution >= 4 is 17.4 Å². The van der Waals surface area contributed by atoms with E-state index >= 15 is 0 Å². The molecule has 1 aromatic carbocycles. The van der Waals surface area contributed by atoms with Crippen LogP contribution in [0.15, 0.2) is 30.5 Å². The summed E-state index contributed by atoms with van der Waals surface area (Å²) in [4.78, 5) is 0. The molecule has 0 saturated heterocycles. The van der Waals surface area contributed by atoms with Gasteiger partial charge in [0.2, 0.25) is 0 Å². The molecule has 0 aliphatic rings. The van der Waals surface area contributed by atoms with E-state index in [9.17, 15) is 4.39 Å². The van der Waals surface area contributed by atoms with Crippen molar-refractivity contribution in [3.8, 4) is 5.75 Å². The van der Waals surface area contributed by atoms with Gasteiger partial charge in [0.1, 0.15) is 5.82 Å². The van der Waals surface area contributed by atoms with Crippen LogP contribution in [0.25, 0.3) is 0 Å². The lowest BCUT2D eigenvalue weighted by atomic mass is 10.3. The molecule has 0 aliphatic carbocycles. The number of aryl methyl sites for hydroxylation is 1. The van der Waals surface area contributed by atoms with E-state index in [1.807, 2.05) is 0 Å². The second-order valence-electron chi connectivity index (χ2n) is 3.76. The molecule has 2 N–H and O–H groups in total. The average molecular weight is 270 g/mol. The zero-order chi connectivity index (χ0) is 13.0. The maximum Gasteiger partial charge on any atom is 0.173 e. The van der Waals surface area contributed by atoms with Gasteiger partial charge in [-0.25, -0.2) is 4.39 Å². The molecular weight excluding hydrogens is 257 g/mol. The van der Waals surface area contributed by atoms with Gasteiger partial charge in [-0.2, -0.15) is 5.10 Å². The lowest BCUT2D eigenvalue weighted by Gasteiger charge is -2.08. The Hall–Kier alpha value is -1.75. The van der Waals surface area contributed by atoms with E-state index in [0.717, 1.165) is 0 Å². The van der Waals surface area contributed by atoms with Gasteiger partial charge < -0.3 is 10.5 Å². The number of anilines is 1. The fourth-order valence-electron chi connectivity index (χ4n) is 1.52. The first kappa shape index (κ1) is 12.7. The van der Waals surface area contributed by atoms with Gasteiger partial charge in [0.15, 0.2) is 11.6 Å². The summed E-state index contributed by atoms with van der Waals surface area (Å²) in [5.41, 5.74) is 5.48. The van der Waals surface area contributed by atoms with Crippen LogP contribution in [0.3, 0.4) is 0 Å². The standard InChI is InChI=1S/C12H13ClFN3O/c13-9-3-1-4-10(14)12(9)18-8-2-6-17-7-5-11(15)16-17/h1,3-5,7H,2,6,8H2,(H2,15,16). The minimum atomic E-state index is -0.453. The zero-order valence-corrected chi connectivity index (χ0v) is 10.4. The molecule has 2 rings (SSSR count). The third-order valence-electron chi connectivity index (χ3n) is 2.36.